The first-order chi connectivity index (χ1) is 9.01. The van der Waals surface area contributed by atoms with Crippen LogP contribution >= 0.6 is 0 Å². The van der Waals surface area contributed by atoms with Gasteiger partial charge in [0.1, 0.15) is 0 Å². The minimum Gasteiger partial charge on any atom is -0.379 e. The number of amides is 1. The molecule has 1 saturated heterocycles. The third kappa shape index (κ3) is 5.09. The fourth-order valence-electron chi connectivity index (χ4n) is 2.16. The van der Waals surface area contributed by atoms with E-state index in [4.69, 9.17) is 15.2 Å². The first kappa shape index (κ1) is 16.4. The van der Waals surface area contributed by atoms with Gasteiger partial charge in [0.15, 0.2) is 0 Å². The molecule has 0 atom stereocenters. The van der Waals surface area contributed by atoms with E-state index in [-0.39, 0.29) is 12.0 Å². The number of nitrogens with zero attached hydrogens (tertiary/aromatic N) is 1. The molecule has 0 aromatic carbocycles. The van der Waals surface area contributed by atoms with E-state index in [9.17, 15) is 4.79 Å². The van der Waals surface area contributed by atoms with E-state index >= 15 is 0 Å². The minimum atomic E-state index is -0.456. The molecule has 0 aromatic heterocycles. The van der Waals surface area contributed by atoms with Gasteiger partial charge in [-0.2, -0.15) is 0 Å². The quantitative estimate of drug-likeness (QED) is 0.703. The molecular formula is C14H28N2O3. The molecule has 0 radical (unpaired) electrons. The second kappa shape index (κ2) is 7.82. The Morgan fingerprint density at radius 2 is 1.95 bits per heavy atom. The molecule has 0 bridgehead atoms. The van der Waals surface area contributed by atoms with Gasteiger partial charge in [0.2, 0.25) is 5.91 Å². The summed E-state index contributed by atoms with van der Waals surface area (Å²) >= 11 is 0. The van der Waals surface area contributed by atoms with Crippen molar-refractivity contribution in [3.63, 3.8) is 0 Å². The van der Waals surface area contributed by atoms with Crippen molar-refractivity contribution in [3.8, 4) is 0 Å². The number of likely N-dealkylation sites (tertiary alicyclic amines) is 1. The van der Waals surface area contributed by atoms with Crippen molar-refractivity contribution in [2.75, 3.05) is 39.5 Å². The summed E-state index contributed by atoms with van der Waals surface area (Å²) in [6.45, 7) is 9.71. The Morgan fingerprint density at radius 1 is 1.32 bits per heavy atom. The normalized spacial score (nSPS) is 17.8. The molecule has 2 N–H and O–H groups in total. The summed E-state index contributed by atoms with van der Waals surface area (Å²) in [6.07, 6.45) is 2.06. The number of nitrogens with two attached hydrogens (primary N) is 1. The van der Waals surface area contributed by atoms with Gasteiger partial charge in [0.25, 0.3) is 0 Å². The molecule has 0 saturated carbocycles. The van der Waals surface area contributed by atoms with Crippen LogP contribution in [0.2, 0.25) is 0 Å². The van der Waals surface area contributed by atoms with Gasteiger partial charge < -0.3 is 20.1 Å². The van der Waals surface area contributed by atoms with Crippen LogP contribution in [0.25, 0.3) is 0 Å². The molecule has 1 rings (SSSR count). The van der Waals surface area contributed by atoms with Crippen LogP contribution < -0.4 is 5.73 Å². The molecule has 1 amide bonds. The number of hydrogen-bond acceptors (Lipinski definition) is 4. The lowest BCUT2D eigenvalue weighted by Crippen LogP contribution is -2.48. The second-order valence-corrected chi connectivity index (χ2v) is 5.65. The highest BCUT2D eigenvalue weighted by Gasteiger charge is 2.32. The zero-order valence-corrected chi connectivity index (χ0v) is 12.5. The van der Waals surface area contributed by atoms with Crippen LogP contribution in [0.1, 0.15) is 33.6 Å². The zero-order chi connectivity index (χ0) is 14.3. The first-order valence-electron chi connectivity index (χ1n) is 7.20. The van der Waals surface area contributed by atoms with E-state index in [0.717, 1.165) is 32.5 Å². The predicted octanol–water partition coefficient (Wildman–Crippen LogP) is 1.02. The van der Waals surface area contributed by atoms with Gasteiger partial charge in [-0.15, -0.1) is 0 Å². The average Bonchev–Trinajstić information content (AvgIpc) is 2.43. The lowest BCUT2D eigenvalue weighted by atomic mass is 9.91. The molecule has 1 aliphatic heterocycles. The number of carbonyl (C=O) groups excluding carboxylic acids is 1. The number of rotatable bonds is 7. The fraction of sp³-hybridized carbons (Fsp3) is 0.929. The molecule has 5 nitrogen and oxygen atoms in total. The van der Waals surface area contributed by atoms with Crippen molar-refractivity contribution in [1.29, 1.82) is 0 Å². The Morgan fingerprint density at radius 3 is 2.47 bits per heavy atom. The van der Waals surface area contributed by atoms with E-state index in [2.05, 4.69) is 0 Å². The van der Waals surface area contributed by atoms with Crippen molar-refractivity contribution in [3.05, 3.63) is 0 Å². The average molecular weight is 272 g/mol. The monoisotopic (exact) mass is 272 g/mol. The van der Waals surface area contributed by atoms with Crippen molar-refractivity contribution in [1.82, 2.24) is 4.90 Å². The molecule has 0 aromatic rings. The van der Waals surface area contributed by atoms with Crippen molar-refractivity contribution in [2.24, 2.45) is 11.1 Å². The van der Waals surface area contributed by atoms with Gasteiger partial charge in [-0.1, -0.05) is 0 Å². The predicted molar refractivity (Wildman–Crippen MR) is 74.9 cm³/mol. The maximum absolute atomic E-state index is 12.2. The van der Waals surface area contributed by atoms with Gasteiger partial charge >= 0.3 is 0 Å². The number of carbonyl (C=O) groups is 1. The van der Waals surface area contributed by atoms with Crippen LogP contribution in [0, 0.1) is 5.41 Å². The summed E-state index contributed by atoms with van der Waals surface area (Å²) in [5, 5.41) is 0. The highest BCUT2D eigenvalue weighted by Crippen LogP contribution is 2.21. The fourth-order valence-corrected chi connectivity index (χ4v) is 2.16. The summed E-state index contributed by atoms with van der Waals surface area (Å²) < 4.78 is 11.0. The van der Waals surface area contributed by atoms with E-state index in [1.165, 1.54) is 0 Å². The Hall–Kier alpha value is -0.650. The molecule has 5 heteroatoms. The smallest absolute Gasteiger partial charge is 0.229 e. The van der Waals surface area contributed by atoms with Crippen molar-refractivity contribution in [2.45, 2.75) is 39.7 Å². The molecule has 0 unspecified atom stereocenters. The molecule has 1 fully saturated rings. The van der Waals surface area contributed by atoms with Crippen LogP contribution in [0.15, 0.2) is 0 Å². The summed E-state index contributed by atoms with van der Waals surface area (Å²) in [5.41, 5.74) is 5.19. The lowest BCUT2D eigenvalue weighted by molar-refractivity contribution is -0.142. The summed E-state index contributed by atoms with van der Waals surface area (Å²) in [6, 6.07) is 0. The zero-order valence-electron chi connectivity index (χ0n) is 12.5. The third-order valence-corrected chi connectivity index (χ3v) is 3.60. The molecule has 0 aliphatic carbocycles. The van der Waals surface area contributed by atoms with Gasteiger partial charge in [0, 0.05) is 26.2 Å². The van der Waals surface area contributed by atoms with Crippen LogP contribution in [0.4, 0.5) is 0 Å². The first-order valence-corrected chi connectivity index (χ1v) is 7.20. The van der Waals surface area contributed by atoms with Crippen LogP contribution in [-0.2, 0) is 14.3 Å². The van der Waals surface area contributed by atoms with Crippen LogP contribution in [-0.4, -0.2) is 56.4 Å². The minimum absolute atomic E-state index is 0.155. The summed E-state index contributed by atoms with van der Waals surface area (Å²) in [4.78, 5) is 14.2. The Kier molecular flexibility index (Phi) is 6.75. The standard InChI is InChI=1S/C14H28N2O3/c1-4-18-9-10-19-12-5-7-16(8-6-12)13(17)14(2,3)11-15/h12H,4-11,15H2,1-3H3. The summed E-state index contributed by atoms with van der Waals surface area (Å²) in [5.74, 6) is 0.155. The third-order valence-electron chi connectivity index (χ3n) is 3.60. The topological polar surface area (TPSA) is 64.8 Å². The van der Waals surface area contributed by atoms with Gasteiger partial charge in [-0.05, 0) is 33.6 Å². The highest BCUT2D eigenvalue weighted by molar-refractivity contribution is 5.82. The van der Waals surface area contributed by atoms with E-state index in [1.54, 1.807) is 0 Å². The van der Waals surface area contributed by atoms with E-state index in [1.807, 2.05) is 25.7 Å². The number of ether oxygens (including phenoxy) is 2. The number of hydrogen-bond donors (Lipinski definition) is 1. The molecule has 1 heterocycles. The van der Waals surface area contributed by atoms with Crippen molar-refractivity contribution < 1.29 is 14.3 Å². The Labute approximate surface area is 116 Å². The molecule has 1 aliphatic rings. The molecular weight excluding hydrogens is 244 g/mol. The summed E-state index contributed by atoms with van der Waals surface area (Å²) in [7, 11) is 0. The SMILES string of the molecule is CCOCCOC1CCN(C(=O)C(C)(C)CN)CC1. The molecule has 0 spiro atoms. The van der Waals surface area contributed by atoms with Crippen molar-refractivity contribution >= 4 is 5.91 Å². The second-order valence-electron chi connectivity index (χ2n) is 5.65. The lowest BCUT2D eigenvalue weighted by Gasteiger charge is -2.36. The highest BCUT2D eigenvalue weighted by atomic mass is 16.5. The van der Waals surface area contributed by atoms with Crippen LogP contribution in [0.3, 0.4) is 0 Å². The van der Waals surface area contributed by atoms with Gasteiger partial charge in [0.05, 0.1) is 24.7 Å². The van der Waals surface area contributed by atoms with E-state index in [0.29, 0.717) is 19.8 Å². The van der Waals surface area contributed by atoms with E-state index < -0.39 is 5.41 Å². The van der Waals surface area contributed by atoms with Gasteiger partial charge in [-0.3, -0.25) is 4.79 Å². The maximum Gasteiger partial charge on any atom is 0.229 e. The van der Waals surface area contributed by atoms with Gasteiger partial charge in [-0.25, -0.2) is 0 Å². The molecule has 19 heavy (non-hydrogen) atoms. The number of piperidine rings is 1. The molecule has 112 valence electrons. The Bertz CT molecular complexity index is 274. The maximum atomic E-state index is 12.2. The Balaban J connectivity index is 2.27. The van der Waals surface area contributed by atoms with Crippen LogP contribution in [0.5, 0.6) is 0 Å². The largest absolute Gasteiger partial charge is 0.379 e.